The van der Waals surface area contributed by atoms with Crippen LogP contribution >= 0.6 is 0 Å². The van der Waals surface area contributed by atoms with Gasteiger partial charge in [-0.3, -0.25) is 9.59 Å². The average molecular weight is 472 g/mol. The van der Waals surface area contributed by atoms with Crippen LogP contribution in [0.3, 0.4) is 0 Å². The van der Waals surface area contributed by atoms with E-state index >= 15 is 0 Å². The van der Waals surface area contributed by atoms with Crippen LogP contribution in [-0.4, -0.2) is 59.0 Å². The van der Waals surface area contributed by atoms with E-state index in [1.807, 2.05) is 37.1 Å². The molecule has 34 heavy (non-hydrogen) atoms. The summed E-state index contributed by atoms with van der Waals surface area (Å²) >= 11 is 0. The van der Waals surface area contributed by atoms with Crippen molar-refractivity contribution in [1.82, 2.24) is 14.4 Å². The summed E-state index contributed by atoms with van der Waals surface area (Å²) in [6.45, 7) is 5.68. The van der Waals surface area contributed by atoms with E-state index in [0.717, 1.165) is 36.9 Å². The summed E-state index contributed by atoms with van der Waals surface area (Å²) in [6, 6.07) is 10.7. The lowest BCUT2D eigenvalue weighted by molar-refractivity contribution is -0.144. The van der Waals surface area contributed by atoms with Crippen molar-refractivity contribution in [3.05, 3.63) is 59.7 Å². The molecule has 1 aliphatic rings. The Balaban J connectivity index is 1.78. The average Bonchev–Trinajstić information content (AvgIpc) is 3.28. The molecule has 2 amide bonds. The molecule has 1 aromatic heterocycles. The molecule has 0 unspecified atom stereocenters. The maximum Gasteiger partial charge on any atom is 0.242 e. The summed E-state index contributed by atoms with van der Waals surface area (Å²) in [6.07, 6.45) is 7.40. The molecule has 0 bridgehead atoms. The first-order valence-electron chi connectivity index (χ1n) is 12.3. The summed E-state index contributed by atoms with van der Waals surface area (Å²) in [7, 11) is 1.60. The molecule has 0 radical (unpaired) electrons. The number of carbonyl (C=O) groups is 2. The van der Waals surface area contributed by atoms with E-state index in [2.05, 4.69) is 4.57 Å². The Labute approximate surface area is 202 Å². The Bertz CT molecular complexity index is 919. The molecule has 0 spiro atoms. The van der Waals surface area contributed by atoms with Crippen LogP contribution in [0.1, 0.15) is 57.2 Å². The van der Waals surface area contributed by atoms with Gasteiger partial charge in [-0.2, -0.15) is 0 Å². The van der Waals surface area contributed by atoms with Gasteiger partial charge in [0, 0.05) is 44.0 Å². The molecule has 1 aliphatic carbocycles. The van der Waals surface area contributed by atoms with Crippen molar-refractivity contribution in [3.8, 4) is 0 Å². The Morgan fingerprint density at radius 1 is 1.12 bits per heavy atom. The fraction of sp³-hybridized carbons (Fsp3) is 0.556. The Kier molecular flexibility index (Phi) is 9.69. The number of methoxy groups -OCH3 is 1. The largest absolute Gasteiger partial charge is 0.383 e. The van der Waals surface area contributed by atoms with E-state index in [-0.39, 0.29) is 36.1 Å². The Morgan fingerprint density at radius 3 is 2.47 bits per heavy atom. The zero-order valence-electron chi connectivity index (χ0n) is 20.7. The van der Waals surface area contributed by atoms with Gasteiger partial charge in [0.1, 0.15) is 5.82 Å². The van der Waals surface area contributed by atoms with Gasteiger partial charge < -0.3 is 19.1 Å². The van der Waals surface area contributed by atoms with Gasteiger partial charge >= 0.3 is 0 Å². The molecular formula is C27H38FN3O3. The third kappa shape index (κ3) is 7.16. The van der Waals surface area contributed by atoms with Crippen molar-refractivity contribution >= 4 is 11.8 Å². The van der Waals surface area contributed by atoms with E-state index in [4.69, 9.17) is 4.74 Å². The number of nitrogens with zero attached hydrogens (tertiary/aromatic N) is 3. The zero-order valence-corrected chi connectivity index (χ0v) is 20.7. The monoisotopic (exact) mass is 471 g/mol. The van der Waals surface area contributed by atoms with E-state index < -0.39 is 0 Å². The van der Waals surface area contributed by atoms with Crippen molar-refractivity contribution < 1.29 is 18.7 Å². The van der Waals surface area contributed by atoms with Crippen molar-refractivity contribution in [2.75, 3.05) is 26.8 Å². The molecule has 2 aromatic rings. The predicted molar refractivity (Wildman–Crippen MR) is 131 cm³/mol. The predicted octanol–water partition coefficient (Wildman–Crippen LogP) is 4.47. The second-order valence-corrected chi connectivity index (χ2v) is 9.47. The second kappa shape index (κ2) is 12.7. The van der Waals surface area contributed by atoms with Crippen LogP contribution in [0.2, 0.25) is 0 Å². The van der Waals surface area contributed by atoms with Gasteiger partial charge in [0.15, 0.2) is 0 Å². The number of halogens is 1. The fourth-order valence-electron chi connectivity index (χ4n) is 4.61. The minimum absolute atomic E-state index is 0.0217. The first kappa shape index (κ1) is 25.9. The molecule has 0 atom stereocenters. The van der Waals surface area contributed by atoms with Gasteiger partial charge in [-0.1, -0.05) is 45.2 Å². The maximum atomic E-state index is 13.6. The summed E-state index contributed by atoms with van der Waals surface area (Å²) in [5.74, 6) is -0.486. The number of benzene rings is 1. The van der Waals surface area contributed by atoms with E-state index in [1.165, 1.54) is 18.6 Å². The van der Waals surface area contributed by atoms with Crippen LogP contribution < -0.4 is 0 Å². The summed E-state index contributed by atoms with van der Waals surface area (Å²) in [4.78, 5) is 30.0. The van der Waals surface area contributed by atoms with Crippen LogP contribution in [-0.2, 0) is 27.4 Å². The standard InChI is InChI=1S/C27H38FN3O3/c1-21(2)27(33)30(16-17-34-3)20-26(32)31(24-8-5-4-6-9-24)19-25-10-7-15-29(25)18-22-11-13-23(28)14-12-22/h7,10-15,21,24H,4-6,8-9,16-20H2,1-3H3. The molecule has 0 N–H and O–H groups in total. The summed E-state index contributed by atoms with van der Waals surface area (Å²) in [5.41, 5.74) is 2.03. The minimum atomic E-state index is -0.250. The molecule has 7 heteroatoms. The lowest BCUT2D eigenvalue weighted by Crippen LogP contribution is -2.49. The molecule has 1 saturated carbocycles. The fourth-order valence-corrected chi connectivity index (χ4v) is 4.61. The van der Waals surface area contributed by atoms with Crippen molar-refractivity contribution in [2.24, 2.45) is 5.92 Å². The quantitative estimate of drug-likeness (QED) is 0.486. The number of aromatic nitrogens is 1. The van der Waals surface area contributed by atoms with Gasteiger partial charge in [0.05, 0.1) is 19.7 Å². The highest BCUT2D eigenvalue weighted by molar-refractivity contribution is 5.85. The van der Waals surface area contributed by atoms with E-state index in [1.54, 1.807) is 24.1 Å². The molecule has 6 nitrogen and oxygen atoms in total. The van der Waals surface area contributed by atoms with Crippen molar-refractivity contribution in [3.63, 3.8) is 0 Å². The van der Waals surface area contributed by atoms with Gasteiger partial charge in [-0.05, 0) is 42.7 Å². The number of hydrogen-bond donors (Lipinski definition) is 0. The molecule has 1 fully saturated rings. The highest BCUT2D eigenvalue weighted by Gasteiger charge is 2.29. The van der Waals surface area contributed by atoms with Gasteiger partial charge in [0.25, 0.3) is 0 Å². The lowest BCUT2D eigenvalue weighted by atomic mass is 9.94. The highest BCUT2D eigenvalue weighted by Crippen LogP contribution is 2.25. The first-order valence-corrected chi connectivity index (χ1v) is 12.3. The molecule has 3 rings (SSSR count). The second-order valence-electron chi connectivity index (χ2n) is 9.47. The normalized spacial score (nSPS) is 14.4. The molecule has 0 aliphatic heterocycles. The number of amides is 2. The molecule has 186 valence electrons. The first-order chi connectivity index (χ1) is 16.4. The summed E-state index contributed by atoms with van der Waals surface area (Å²) in [5, 5.41) is 0. The lowest BCUT2D eigenvalue weighted by Gasteiger charge is -2.36. The molecular weight excluding hydrogens is 433 g/mol. The van der Waals surface area contributed by atoms with Crippen LogP contribution in [0.25, 0.3) is 0 Å². The molecule has 1 heterocycles. The molecule has 1 aromatic carbocycles. The van der Waals surface area contributed by atoms with Crippen LogP contribution in [0.4, 0.5) is 4.39 Å². The number of ether oxygens (including phenoxy) is 1. The number of carbonyl (C=O) groups excluding carboxylic acids is 2. The third-order valence-electron chi connectivity index (χ3n) is 6.55. The summed E-state index contributed by atoms with van der Waals surface area (Å²) < 4.78 is 20.6. The topological polar surface area (TPSA) is 54.8 Å². The maximum absolute atomic E-state index is 13.6. The van der Waals surface area contributed by atoms with Gasteiger partial charge in [-0.15, -0.1) is 0 Å². The van der Waals surface area contributed by atoms with Gasteiger partial charge in [-0.25, -0.2) is 4.39 Å². The Hall–Kier alpha value is -2.67. The van der Waals surface area contributed by atoms with Crippen LogP contribution in [0, 0.1) is 11.7 Å². The van der Waals surface area contributed by atoms with Crippen LogP contribution in [0.15, 0.2) is 42.6 Å². The van der Waals surface area contributed by atoms with Gasteiger partial charge in [0.2, 0.25) is 11.8 Å². The third-order valence-corrected chi connectivity index (χ3v) is 6.55. The van der Waals surface area contributed by atoms with E-state index in [9.17, 15) is 14.0 Å². The molecule has 0 saturated heterocycles. The van der Waals surface area contributed by atoms with Crippen molar-refractivity contribution in [2.45, 2.75) is 65.1 Å². The smallest absolute Gasteiger partial charge is 0.242 e. The van der Waals surface area contributed by atoms with E-state index in [0.29, 0.717) is 26.2 Å². The Morgan fingerprint density at radius 2 is 1.82 bits per heavy atom. The minimum Gasteiger partial charge on any atom is -0.383 e. The van der Waals surface area contributed by atoms with Crippen molar-refractivity contribution in [1.29, 1.82) is 0 Å². The SMILES string of the molecule is COCCN(CC(=O)N(Cc1cccn1Cc1ccc(F)cc1)C1CCCCC1)C(=O)C(C)C. The number of hydrogen-bond acceptors (Lipinski definition) is 3. The van der Waals surface area contributed by atoms with Crippen LogP contribution in [0.5, 0.6) is 0 Å². The zero-order chi connectivity index (χ0) is 24.5. The number of rotatable bonds is 11. The highest BCUT2D eigenvalue weighted by atomic mass is 19.1.